The van der Waals surface area contributed by atoms with E-state index in [4.69, 9.17) is 9.47 Å². The molecule has 0 aromatic heterocycles. The summed E-state index contributed by atoms with van der Waals surface area (Å²) in [6, 6.07) is 5.64. The number of likely N-dealkylation sites (tertiary alicyclic amines) is 1. The average Bonchev–Trinajstić information content (AvgIpc) is 2.77. The smallest absolute Gasteiger partial charge is 0.409 e. The van der Waals surface area contributed by atoms with Crippen molar-refractivity contribution >= 4 is 27.6 Å². The first-order valence-corrected chi connectivity index (χ1v) is 13.7. The Hall–Kier alpha value is -2.33. The summed E-state index contributed by atoms with van der Waals surface area (Å²) in [6.07, 6.45) is 2.37. The van der Waals surface area contributed by atoms with Crippen molar-refractivity contribution in [3.63, 3.8) is 0 Å². The summed E-state index contributed by atoms with van der Waals surface area (Å²) in [7, 11) is -3.19. The summed E-state index contributed by atoms with van der Waals surface area (Å²) in [4.78, 5) is 29.3. The van der Waals surface area contributed by atoms with Gasteiger partial charge < -0.3 is 19.3 Å². The number of carbonyl (C=O) groups excluding carboxylic acids is 2. The van der Waals surface area contributed by atoms with Crippen LogP contribution in [0, 0.1) is 5.41 Å². The highest BCUT2D eigenvalue weighted by Crippen LogP contribution is 2.41. The van der Waals surface area contributed by atoms with Crippen LogP contribution in [0.5, 0.6) is 5.75 Å². The maximum Gasteiger partial charge on any atom is 0.409 e. The molecule has 0 unspecified atom stereocenters. The number of amides is 1. The highest BCUT2D eigenvalue weighted by atomic mass is 32.2. The van der Waals surface area contributed by atoms with Crippen LogP contribution in [0.15, 0.2) is 18.2 Å². The Balaban J connectivity index is 1.38. The molecule has 2 fully saturated rings. The number of Topliss-reactive ketones (excluding diaryl/α,β-unsaturated/α-hetero) is 1. The molecule has 10 heteroatoms. The maximum atomic E-state index is 13.1. The van der Waals surface area contributed by atoms with E-state index in [-0.39, 0.29) is 23.7 Å². The predicted molar refractivity (Wildman–Crippen MR) is 129 cm³/mol. The summed E-state index contributed by atoms with van der Waals surface area (Å²) in [6.45, 7) is 9.42. The fraction of sp³-hybridized carbons (Fsp3) is 0.667. The number of anilines is 1. The molecule has 0 radical (unpaired) electrons. The van der Waals surface area contributed by atoms with Crippen LogP contribution in [0.1, 0.15) is 50.4 Å². The summed E-state index contributed by atoms with van der Waals surface area (Å²) >= 11 is 0. The average molecular weight is 494 g/mol. The molecule has 3 aliphatic heterocycles. The molecule has 4 rings (SSSR count). The molecule has 0 aliphatic carbocycles. The quantitative estimate of drug-likeness (QED) is 0.639. The van der Waals surface area contributed by atoms with E-state index >= 15 is 0 Å². The molecule has 1 aromatic rings. The minimum Gasteiger partial charge on any atom is -0.486 e. The third kappa shape index (κ3) is 5.49. The Morgan fingerprint density at radius 1 is 1.09 bits per heavy atom. The van der Waals surface area contributed by atoms with Crippen LogP contribution in [0.3, 0.4) is 0 Å². The van der Waals surface area contributed by atoms with Gasteiger partial charge in [0.2, 0.25) is 10.0 Å². The molecular formula is C24H35N3O6S. The molecule has 0 N–H and O–H groups in total. The molecule has 3 aliphatic rings. The van der Waals surface area contributed by atoms with Gasteiger partial charge in [-0.2, -0.15) is 4.31 Å². The predicted octanol–water partition coefficient (Wildman–Crippen LogP) is 2.75. The van der Waals surface area contributed by atoms with E-state index in [1.54, 1.807) is 4.90 Å². The van der Waals surface area contributed by atoms with Crippen LogP contribution in [0.4, 0.5) is 10.5 Å². The lowest BCUT2D eigenvalue weighted by Gasteiger charge is -2.44. The van der Waals surface area contributed by atoms with Gasteiger partial charge in [0.1, 0.15) is 11.4 Å². The normalized spacial score (nSPS) is 21.2. The minimum absolute atomic E-state index is 0.0432. The highest BCUT2D eigenvalue weighted by Gasteiger charge is 2.44. The number of ketones is 1. The third-order valence-corrected chi connectivity index (χ3v) is 8.01. The molecule has 188 valence electrons. The summed E-state index contributed by atoms with van der Waals surface area (Å²) in [5, 5.41) is 0. The molecule has 0 atom stereocenters. The molecule has 1 spiro atoms. The van der Waals surface area contributed by atoms with Gasteiger partial charge in [-0.1, -0.05) is 20.8 Å². The van der Waals surface area contributed by atoms with E-state index in [9.17, 15) is 18.0 Å². The molecule has 9 nitrogen and oxygen atoms in total. The first-order chi connectivity index (χ1) is 15.9. The van der Waals surface area contributed by atoms with E-state index in [0.29, 0.717) is 70.0 Å². The van der Waals surface area contributed by atoms with Crippen LogP contribution < -0.4 is 9.64 Å². The van der Waals surface area contributed by atoms with Gasteiger partial charge in [-0.15, -0.1) is 0 Å². The number of hydrogen-bond donors (Lipinski definition) is 0. The van der Waals surface area contributed by atoms with Crippen LogP contribution >= 0.6 is 0 Å². The SMILES string of the molecule is CC(C)(C)COC(=O)N1CCC2(CC1)CC(=O)c1cc(N3CCN(S(C)(=O)=O)CC3)ccc1O2. The summed E-state index contributed by atoms with van der Waals surface area (Å²) < 4.78 is 36.8. The van der Waals surface area contributed by atoms with Gasteiger partial charge in [0.25, 0.3) is 0 Å². The second-order valence-corrected chi connectivity index (χ2v) is 12.8. The van der Waals surface area contributed by atoms with Crippen molar-refractivity contribution < 1.29 is 27.5 Å². The maximum absolute atomic E-state index is 13.1. The van der Waals surface area contributed by atoms with Crippen LogP contribution in [0.2, 0.25) is 0 Å². The van der Waals surface area contributed by atoms with Gasteiger partial charge in [0, 0.05) is 57.8 Å². The standard InChI is InChI=1S/C24H35N3O6S/c1-23(2,3)17-32-22(29)26-9-7-24(8-10-26)16-20(28)19-15-18(5-6-21(19)33-24)25-11-13-27(14-12-25)34(4,30)31/h5-6,15H,7-14,16-17H2,1-4H3. The number of piperidine rings is 1. The number of fused-ring (bicyclic) bond motifs is 1. The van der Waals surface area contributed by atoms with Gasteiger partial charge in [-0.25, -0.2) is 13.2 Å². The third-order valence-electron chi connectivity index (χ3n) is 6.71. The number of benzene rings is 1. The number of nitrogens with zero attached hydrogens (tertiary/aromatic N) is 3. The zero-order chi connectivity index (χ0) is 24.7. The topological polar surface area (TPSA) is 96.5 Å². The second-order valence-electron chi connectivity index (χ2n) is 10.8. The van der Waals surface area contributed by atoms with Gasteiger partial charge in [0.05, 0.1) is 24.8 Å². The van der Waals surface area contributed by atoms with Gasteiger partial charge in [-0.05, 0) is 23.6 Å². The lowest BCUT2D eigenvalue weighted by Crippen LogP contribution is -2.52. The fourth-order valence-electron chi connectivity index (χ4n) is 4.70. The van der Waals surface area contributed by atoms with E-state index in [1.165, 1.54) is 10.6 Å². The number of ether oxygens (including phenoxy) is 2. The first-order valence-electron chi connectivity index (χ1n) is 11.8. The number of hydrogen-bond acceptors (Lipinski definition) is 7. The van der Waals surface area contributed by atoms with Crippen LogP contribution in [-0.4, -0.2) is 87.2 Å². The van der Waals surface area contributed by atoms with Crippen molar-refractivity contribution in [2.24, 2.45) is 5.41 Å². The number of sulfonamides is 1. The molecule has 2 saturated heterocycles. The lowest BCUT2D eigenvalue weighted by molar-refractivity contribution is -0.0120. The van der Waals surface area contributed by atoms with Crippen LogP contribution in [0.25, 0.3) is 0 Å². The van der Waals surface area contributed by atoms with E-state index in [1.807, 2.05) is 39.0 Å². The van der Waals surface area contributed by atoms with Gasteiger partial charge in [-0.3, -0.25) is 4.79 Å². The van der Waals surface area contributed by atoms with Crippen molar-refractivity contribution in [3.8, 4) is 5.75 Å². The van der Waals surface area contributed by atoms with Gasteiger partial charge in [0.15, 0.2) is 5.78 Å². The van der Waals surface area contributed by atoms with Gasteiger partial charge >= 0.3 is 6.09 Å². The Morgan fingerprint density at radius 2 is 1.74 bits per heavy atom. The largest absolute Gasteiger partial charge is 0.486 e. The monoisotopic (exact) mass is 493 g/mol. The molecule has 34 heavy (non-hydrogen) atoms. The first kappa shape index (κ1) is 24.8. The number of piperazine rings is 1. The lowest BCUT2D eigenvalue weighted by atomic mass is 9.82. The molecule has 0 bridgehead atoms. The van der Waals surface area contributed by atoms with Crippen molar-refractivity contribution in [2.45, 2.75) is 45.6 Å². The molecule has 3 heterocycles. The second kappa shape index (κ2) is 9.03. The Labute approximate surface area is 202 Å². The Kier molecular flexibility index (Phi) is 6.58. The number of rotatable bonds is 3. The van der Waals surface area contributed by atoms with Crippen molar-refractivity contribution in [1.29, 1.82) is 0 Å². The fourth-order valence-corrected chi connectivity index (χ4v) is 5.53. The minimum atomic E-state index is -3.19. The molecule has 0 saturated carbocycles. The van der Waals surface area contributed by atoms with Crippen molar-refractivity contribution in [3.05, 3.63) is 23.8 Å². The van der Waals surface area contributed by atoms with Crippen molar-refractivity contribution in [1.82, 2.24) is 9.21 Å². The molecule has 1 aromatic carbocycles. The summed E-state index contributed by atoms with van der Waals surface area (Å²) in [5.41, 5.74) is 0.792. The van der Waals surface area contributed by atoms with Crippen LogP contribution in [-0.2, 0) is 14.8 Å². The summed E-state index contributed by atoms with van der Waals surface area (Å²) in [5.74, 6) is 0.625. The van der Waals surface area contributed by atoms with E-state index < -0.39 is 15.6 Å². The Morgan fingerprint density at radius 3 is 2.32 bits per heavy atom. The van der Waals surface area contributed by atoms with Crippen molar-refractivity contribution in [2.75, 3.05) is 57.0 Å². The van der Waals surface area contributed by atoms with E-state index in [0.717, 1.165) is 5.69 Å². The molecule has 1 amide bonds. The number of carbonyl (C=O) groups is 2. The molecular weight excluding hydrogens is 458 g/mol. The highest BCUT2D eigenvalue weighted by molar-refractivity contribution is 7.88. The zero-order valence-corrected chi connectivity index (χ0v) is 21.3. The van der Waals surface area contributed by atoms with E-state index in [2.05, 4.69) is 4.90 Å². The Bertz CT molecular complexity index is 1050. The zero-order valence-electron chi connectivity index (χ0n) is 20.5.